The minimum atomic E-state index is -0.180. The Morgan fingerprint density at radius 1 is 1.33 bits per heavy atom. The van der Waals surface area contributed by atoms with Crippen LogP contribution in [0.2, 0.25) is 0 Å². The van der Waals surface area contributed by atoms with Crippen LogP contribution in [0.1, 0.15) is 51.0 Å². The summed E-state index contributed by atoms with van der Waals surface area (Å²) in [5.41, 5.74) is 2.25. The molecule has 18 heavy (non-hydrogen) atoms. The molecule has 0 amide bonds. The molecule has 3 heteroatoms. The van der Waals surface area contributed by atoms with Gasteiger partial charge in [-0.1, -0.05) is 26.7 Å². The van der Waals surface area contributed by atoms with Gasteiger partial charge in [-0.3, -0.25) is 0 Å². The molecule has 1 heterocycles. The number of fused-ring (bicyclic) bond motifs is 1. The van der Waals surface area contributed by atoms with Crippen LogP contribution in [0.3, 0.4) is 0 Å². The Morgan fingerprint density at radius 2 is 2.11 bits per heavy atom. The molecule has 1 N–H and O–H groups in total. The maximum atomic E-state index is 13.5. The quantitative estimate of drug-likeness (QED) is 0.723. The SMILES string of the molecule is CCCCC(CC)c1c[nH]c2c(Br)cc(F)cc12. The molecule has 1 unspecified atom stereocenters. The van der Waals surface area contributed by atoms with Gasteiger partial charge in [-0.15, -0.1) is 0 Å². The van der Waals surface area contributed by atoms with E-state index in [1.807, 2.05) is 6.20 Å². The summed E-state index contributed by atoms with van der Waals surface area (Å²) < 4.78 is 14.3. The van der Waals surface area contributed by atoms with Gasteiger partial charge in [0.05, 0.1) is 5.52 Å². The first-order chi connectivity index (χ1) is 8.67. The van der Waals surface area contributed by atoms with Crippen LogP contribution in [-0.4, -0.2) is 4.98 Å². The maximum Gasteiger partial charge on any atom is 0.125 e. The summed E-state index contributed by atoms with van der Waals surface area (Å²) in [6.45, 7) is 4.41. The zero-order valence-corrected chi connectivity index (χ0v) is 12.5. The summed E-state index contributed by atoms with van der Waals surface area (Å²) in [6, 6.07) is 3.15. The molecule has 0 saturated carbocycles. The number of unbranched alkanes of at least 4 members (excludes halogenated alkanes) is 1. The van der Waals surface area contributed by atoms with Crippen molar-refractivity contribution in [3.8, 4) is 0 Å². The predicted molar refractivity (Wildman–Crippen MR) is 78.5 cm³/mol. The summed E-state index contributed by atoms with van der Waals surface area (Å²) in [4.78, 5) is 3.26. The summed E-state index contributed by atoms with van der Waals surface area (Å²) >= 11 is 3.41. The number of nitrogens with one attached hydrogen (secondary N) is 1. The lowest BCUT2D eigenvalue weighted by Gasteiger charge is -2.13. The standard InChI is InChI=1S/C15H19BrFN/c1-3-5-6-10(4-2)13-9-18-15-12(13)7-11(17)8-14(15)16/h7-10,18H,3-6H2,1-2H3. The van der Waals surface area contributed by atoms with Gasteiger partial charge in [0.25, 0.3) is 0 Å². The largest absolute Gasteiger partial charge is 0.360 e. The fraction of sp³-hybridized carbons (Fsp3) is 0.467. The van der Waals surface area contributed by atoms with Crippen LogP contribution >= 0.6 is 15.9 Å². The zero-order valence-electron chi connectivity index (χ0n) is 10.9. The number of hydrogen-bond donors (Lipinski definition) is 1. The molecule has 0 aliphatic carbocycles. The van der Waals surface area contributed by atoms with E-state index >= 15 is 0 Å². The molecule has 2 aromatic rings. The monoisotopic (exact) mass is 311 g/mol. The van der Waals surface area contributed by atoms with Crippen molar-refractivity contribution in [2.45, 2.75) is 45.4 Å². The maximum absolute atomic E-state index is 13.5. The Morgan fingerprint density at radius 3 is 2.78 bits per heavy atom. The van der Waals surface area contributed by atoms with Crippen LogP contribution < -0.4 is 0 Å². The minimum absolute atomic E-state index is 0.180. The van der Waals surface area contributed by atoms with Crippen molar-refractivity contribution in [2.24, 2.45) is 0 Å². The molecule has 1 aromatic heterocycles. The summed E-state index contributed by atoms with van der Waals surface area (Å²) in [7, 11) is 0. The molecule has 0 fully saturated rings. The van der Waals surface area contributed by atoms with Crippen LogP contribution in [0.4, 0.5) is 4.39 Å². The Bertz CT molecular complexity index is 533. The molecule has 0 spiro atoms. The smallest absolute Gasteiger partial charge is 0.125 e. The number of aromatic nitrogens is 1. The van der Waals surface area contributed by atoms with Crippen LogP contribution in [0, 0.1) is 5.82 Å². The molecule has 1 nitrogen and oxygen atoms in total. The molecule has 0 aliphatic rings. The second kappa shape index (κ2) is 5.87. The van der Waals surface area contributed by atoms with E-state index in [1.54, 1.807) is 6.07 Å². The number of benzene rings is 1. The van der Waals surface area contributed by atoms with E-state index < -0.39 is 0 Å². The second-order valence-electron chi connectivity index (χ2n) is 4.80. The van der Waals surface area contributed by atoms with Crippen molar-refractivity contribution < 1.29 is 4.39 Å². The highest BCUT2D eigenvalue weighted by Gasteiger charge is 2.15. The number of H-pyrrole nitrogens is 1. The van der Waals surface area contributed by atoms with E-state index in [9.17, 15) is 4.39 Å². The fourth-order valence-corrected chi connectivity index (χ4v) is 3.09. The lowest BCUT2D eigenvalue weighted by Crippen LogP contribution is -1.96. The van der Waals surface area contributed by atoms with Gasteiger partial charge >= 0.3 is 0 Å². The number of hydrogen-bond acceptors (Lipinski definition) is 0. The highest BCUT2D eigenvalue weighted by Crippen LogP contribution is 2.34. The Kier molecular flexibility index (Phi) is 4.44. The molecule has 0 bridgehead atoms. The van der Waals surface area contributed by atoms with Crippen LogP contribution in [0.15, 0.2) is 22.8 Å². The van der Waals surface area contributed by atoms with E-state index in [2.05, 4.69) is 34.8 Å². The van der Waals surface area contributed by atoms with Crippen molar-refractivity contribution in [1.29, 1.82) is 0 Å². The third kappa shape index (κ3) is 2.61. The van der Waals surface area contributed by atoms with Crippen molar-refractivity contribution >= 4 is 26.8 Å². The Balaban J connectivity index is 2.43. The van der Waals surface area contributed by atoms with Crippen molar-refractivity contribution in [3.63, 3.8) is 0 Å². The van der Waals surface area contributed by atoms with Gasteiger partial charge in [-0.2, -0.15) is 0 Å². The highest BCUT2D eigenvalue weighted by atomic mass is 79.9. The first-order valence-corrected chi connectivity index (χ1v) is 7.42. The molecular weight excluding hydrogens is 293 g/mol. The molecule has 0 saturated heterocycles. The highest BCUT2D eigenvalue weighted by molar-refractivity contribution is 9.10. The van der Waals surface area contributed by atoms with E-state index in [-0.39, 0.29) is 5.82 Å². The van der Waals surface area contributed by atoms with Crippen LogP contribution in [-0.2, 0) is 0 Å². The number of aromatic amines is 1. The van der Waals surface area contributed by atoms with Gasteiger partial charge in [0, 0.05) is 16.1 Å². The van der Waals surface area contributed by atoms with E-state index in [0.717, 1.165) is 21.8 Å². The van der Waals surface area contributed by atoms with Gasteiger partial charge in [-0.25, -0.2) is 4.39 Å². The first kappa shape index (κ1) is 13.6. The molecule has 0 aliphatic heterocycles. The van der Waals surface area contributed by atoms with Gasteiger partial charge in [-0.05, 0) is 52.4 Å². The predicted octanol–water partition coefficient (Wildman–Crippen LogP) is 5.75. The Labute approximate surface area is 116 Å². The van der Waals surface area contributed by atoms with Gasteiger partial charge in [0.1, 0.15) is 5.82 Å². The zero-order chi connectivity index (χ0) is 13.1. The molecule has 1 aromatic carbocycles. The van der Waals surface area contributed by atoms with Gasteiger partial charge < -0.3 is 4.98 Å². The van der Waals surface area contributed by atoms with E-state index in [4.69, 9.17) is 0 Å². The molecule has 98 valence electrons. The van der Waals surface area contributed by atoms with Crippen molar-refractivity contribution in [2.75, 3.05) is 0 Å². The number of halogens is 2. The molecule has 1 atom stereocenters. The lowest BCUT2D eigenvalue weighted by molar-refractivity contribution is 0.572. The van der Waals surface area contributed by atoms with E-state index in [0.29, 0.717) is 5.92 Å². The van der Waals surface area contributed by atoms with E-state index in [1.165, 1.54) is 30.9 Å². The third-order valence-corrected chi connectivity index (χ3v) is 4.20. The molecule has 2 rings (SSSR count). The Hall–Kier alpha value is -0.830. The fourth-order valence-electron chi connectivity index (χ4n) is 2.54. The second-order valence-corrected chi connectivity index (χ2v) is 5.66. The summed E-state index contributed by atoms with van der Waals surface area (Å²) in [6.07, 6.45) is 6.74. The molecular formula is C15H19BrFN. The summed E-state index contributed by atoms with van der Waals surface area (Å²) in [5.74, 6) is 0.341. The molecule has 0 radical (unpaired) electrons. The lowest BCUT2D eigenvalue weighted by atomic mass is 9.91. The minimum Gasteiger partial charge on any atom is -0.360 e. The average Bonchev–Trinajstić information content (AvgIpc) is 2.74. The topological polar surface area (TPSA) is 15.8 Å². The normalized spacial score (nSPS) is 13.1. The number of rotatable bonds is 5. The van der Waals surface area contributed by atoms with Gasteiger partial charge in [0.2, 0.25) is 0 Å². The van der Waals surface area contributed by atoms with Crippen LogP contribution in [0.25, 0.3) is 10.9 Å². The first-order valence-electron chi connectivity index (χ1n) is 6.63. The van der Waals surface area contributed by atoms with Crippen LogP contribution in [0.5, 0.6) is 0 Å². The van der Waals surface area contributed by atoms with Crippen molar-refractivity contribution in [3.05, 3.63) is 34.2 Å². The third-order valence-electron chi connectivity index (χ3n) is 3.58. The summed E-state index contributed by atoms with van der Waals surface area (Å²) in [5, 5.41) is 1.02. The van der Waals surface area contributed by atoms with Gasteiger partial charge in [0.15, 0.2) is 0 Å². The average molecular weight is 312 g/mol. The van der Waals surface area contributed by atoms with Crippen molar-refractivity contribution in [1.82, 2.24) is 4.98 Å².